The highest BCUT2D eigenvalue weighted by Gasteiger charge is 2.31. The van der Waals surface area contributed by atoms with E-state index >= 15 is 0 Å². The Morgan fingerprint density at radius 1 is 1.24 bits per heavy atom. The Hall–Kier alpha value is -2.99. The summed E-state index contributed by atoms with van der Waals surface area (Å²) in [5.74, 6) is -0.101. The number of carbonyl (C=O) groups is 1. The molecule has 1 fully saturated rings. The molecule has 3 rings (SSSR count). The van der Waals surface area contributed by atoms with E-state index in [9.17, 15) is 23.3 Å². The van der Waals surface area contributed by atoms with E-state index in [4.69, 9.17) is 4.74 Å². The van der Waals surface area contributed by atoms with E-state index in [-0.39, 0.29) is 39.9 Å². The van der Waals surface area contributed by atoms with Crippen LogP contribution in [0.5, 0.6) is 11.6 Å². The quantitative estimate of drug-likeness (QED) is 0.458. The number of carbonyl (C=O) groups excluding carboxylic acids is 1. The normalized spacial score (nSPS) is 14.6. The molecule has 2 aromatic rings. The smallest absolute Gasteiger partial charge is 0.274 e. The van der Waals surface area contributed by atoms with Crippen molar-refractivity contribution in [2.45, 2.75) is 70.9 Å². The molecule has 1 aliphatic rings. The van der Waals surface area contributed by atoms with Crippen molar-refractivity contribution in [1.29, 1.82) is 0 Å². The third-order valence-electron chi connectivity index (χ3n) is 5.25. The van der Waals surface area contributed by atoms with Crippen LogP contribution in [0.25, 0.3) is 0 Å². The first-order valence-corrected chi connectivity index (χ1v) is 12.6. The number of nitro groups is 1. The van der Waals surface area contributed by atoms with Crippen LogP contribution >= 0.6 is 0 Å². The first-order valence-electron chi connectivity index (χ1n) is 11.1. The van der Waals surface area contributed by atoms with Gasteiger partial charge in [-0.25, -0.2) is 17.8 Å². The monoisotopic (exact) mass is 493 g/mol. The van der Waals surface area contributed by atoms with Crippen LogP contribution in [-0.4, -0.2) is 52.6 Å². The number of nitrogens with zero attached hydrogens (tertiary/aromatic N) is 4. The topological polar surface area (TPSA) is 137 Å². The molecule has 11 nitrogen and oxygen atoms in total. The lowest BCUT2D eigenvalue weighted by Gasteiger charge is -2.21. The predicted molar refractivity (Wildman–Crippen MR) is 126 cm³/mol. The Bertz CT molecular complexity index is 1210. The number of hydrogen-bond acceptors (Lipinski definition) is 7. The van der Waals surface area contributed by atoms with E-state index in [1.807, 2.05) is 13.8 Å². The molecule has 0 aliphatic carbocycles. The lowest BCUT2D eigenvalue weighted by Crippen LogP contribution is -2.40. The number of nitro benzene ring substituents is 1. The van der Waals surface area contributed by atoms with Gasteiger partial charge in [-0.15, -0.1) is 0 Å². The lowest BCUT2D eigenvalue weighted by atomic mass is 10.1. The number of benzene rings is 1. The molecule has 0 atom stereocenters. The Morgan fingerprint density at radius 2 is 1.85 bits per heavy atom. The van der Waals surface area contributed by atoms with Gasteiger partial charge in [-0.2, -0.15) is 5.10 Å². The van der Waals surface area contributed by atoms with Crippen molar-refractivity contribution in [1.82, 2.24) is 19.4 Å². The Balaban J connectivity index is 2.11. The number of non-ortho nitro benzene ring substituents is 1. The van der Waals surface area contributed by atoms with Gasteiger partial charge in [0.15, 0.2) is 5.69 Å². The summed E-state index contributed by atoms with van der Waals surface area (Å²) in [4.78, 5) is 25.0. The average molecular weight is 494 g/mol. The second kappa shape index (κ2) is 9.34. The summed E-state index contributed by atoms with van der Waals surface area (Å²) < 4.78 is 36.3. The molecule has 0 spiro atoms. The summed E-state index contributed by atoms with van der Waals surface area (Å²) in [5.41, 5.74) is -0.507. The molecule has 0 unspecified atom stereocenters. The number of hydrogen-bond donors (Lipinski definition) is 1. The number of ether oxygens (including phenoxy) is 1. The lowest BCUT2D eigenvalue weighted by molar-refractivity contribution is -0.385. The highest BCUT2D eigenvalue weighted by molar-refractivity contribution is 7.89. The first-order chi connectivity index (χ1) is 15.7. The van der Waals surface area contributed by atoms with E-state index in [0.29, 0.717) is 18.7 Å². The van der Waals surface area contributed by atoms with Crippen molar-refractivity contribution in [2.24, 2.45) is 0 Å². The van der Waals surface area contributed by atoms with Gasteiger partial charge in [0.1, 0.15) is 10.6 Å². The van der Waals surface area contributed by atoms with Gasteiger partial charge in [0.2, 0.25) is 15.9 Å². The fraction of sp³-hybridized carbons (Fsp3) is 0.545. The van der Waals surface area contributed by atoms with E-state index in [1.54, 1.807) is 32.6 Å². The van der Waals surface area contributed by atoms with Gasteiger partial charge in [0.05, 0.1) is 11.0 Å². The van der Waals surface area contributed by atoms with Crippen molar-refractivity contribution in [3.05, 3.63) is 39.6 Å². The largest absolute Gasteiger partial charge is 0.438 e. The average Bonchev–Trinajstić information content (AvgIpc) is 3.35. The molecule has 1 aromatic carbocycles. The summed E-state index contributed by atoms with van der Waals surface area (Å²) in [5, 5.41) is 15.8. The third kappa shape index (κ3) is 5.39. The number of nitrogens with one attached hydrogen (secondary N) is 1. The maximum absolute atomic E-state index is 13.1. The summed E-state index contributed by atoms with van der Waals surface area (Å²) in [7, 11) is -4.18. The fourth-order valence-corrected chi connectivity index (χ4v) is 5.28. The van der Waals surface area contributed by atoms with Gasteiger partial charge in [-0.1, -0.05) is 0 Å². The standard InChI is InChI=1S/C22H31N5O6S/c1-14(2)26-21(15(3)19(23-26)20(28)25-11-7-8-12-25)33-17-10-9-16(27(29)30)13-18(17)34(31,32)24-22(4,5)6/h9-10,13-14,24H,7-8,11-12H2,1-6H3. The molecule has 0 bridgehead atoms. The Morgan fingerprint density at radius 3 is 2.38 bits per heavy atom. The minimum Gasteiger partial charge on any atom is -0.438 e. The Labute approximate surface area is 199 Å². The molecule has 2 heterocycles. The minimum absolute atomic E-state index is 0.104. The van der Waals surface area contributed by atoms with Crippen molar-refractivity contribution < 1.29 is 22.9 Å². The van der Waals surface area contributed by atoms with Crippen LogP contribution in [0.15, 0.2) is 23.1 Å². The molecule has 34 heavy (non-hydrogen) atoms. The van der Waals surface area contributed by atoms with Crippen LogP contribution < -0.4 is 9.46 Å². The number of amides is 1. The van der Waals surface area contributed by atoms with Crippen LogP contribution in [0.3, 0.4) is 0 Å². The van der Waals surface area contributed by atoms with E-state index < -0.39 is 20.5 Å². The number of likely N-dealkylation sites (tertiary alicyclic amines) is 1. The molecule has 1 saturated heterocycles. The summed E-state index contributed by atoms with van der Waals surface area (Å²) in [6.07, 6.45) is 1.87. The maximum Gasteiger partial charge on any atom is 0.274 e. The van der Waals surface area contributed by atoms with Gasteiger partial charge >= 0.3 is 0 Å². The summed E-state index contributed by atoms with van der Waals surface area (Å²) >= 11 is 0. The zero-order valence-corrected chi connectivity index (χ0v) is 21.1. The highest BCUT2D eigenvalue weighted by Crippen LogP contribution is 2.36. The molecule has 0 saturated carbocycles. The van der Waals surface area contributed by atoms with Crippen molar-refractivity contribution >= 4 is 21.6 Å². The van der Waals surface area contributed by atoms with Gasteiger partial charge in [-0.3, -0.25) is 14.9 Å². The minimum atomic E-state index is -4.18. The molecule has 1 aromatic heterocycles. The fourth-order valence-electron chi connectivity index (χ4n) is 3.71. The first kappa shape index (κ1) is 25.6. The summed E-state index contributed by atoms with van der Waals surface area (Å²) in [6.45, 7) is 11.7. The van der Waals surface area contributed by atoms with Crippen LogP contribution in [0.4, 0.5) is 5.69 Å². The van der Waals surface area contributed by atoms with E-state index in [2.05, 4.69) is 9.82 Å². The van der Waals surface area contributed by atoms with Crippen molar-refractivity contribution in [2.75, 3.05) is 13.1 Å². The van der Waals surface area contributed by atoms with Crippen molar-refractivity contribution in [3.63, 3.8) is 0 Å². The van der Waals surface area contributed by atoms with E-state index in [0.717, 1.165) is 18.9 Å². The predicted octanol–water partition coefficient (Wildman–Crippen LogP) is 3.79. The van der Waals surface area contributed by atoms with Gasteiger partial charge < -0.3 is 9.64 Å². The third-order valence-corrected chi connectivity index (χ3v) is 7.03. The van der Waals surface area contributed by atoms with Gasteiger partial charge in [-0.05, 0) is 60.5 Å². The Kier molecular flexibility index (Phi) is 7.04. The number of aromatic nitrogens is 2. The summed E-state index contributed by atoms with van der Waals surface area (Å²) in [6, 6.07) is 3.19. The molecular weight excluding hydrogens is 462 g/mol. The molecule has 1 N–H and O–H groups in total. The van der Waals surface area contributed by atoms with Crippen LogP contribution in [-0.2, 0) is 10.0 Å². The molecule has 1 aliphatic heterocycles. The second-order valence-corrected chi connectivity index (χ2v) is 11.3. The molecule has 12 heteroatoms. The number of rotatable bonds is 7. The van der Waals surface area contributed by atoms with Gasteiger partial charge in [0.25, 0.3) is 11.6 Å². The number of sulfonamides is 1. The van der Waals surface area contributed by atoms with Gasteiger partial charge in [0, 0.05) is 36.3 Å². The second-order valence-electron chi connectivity index (χ2n) is 9.66. The zero-order valence-electron chi connectivity index (χ0n) is 20.3. The molecule has 0 radical (unpaired) electrons. The van der Waals surface area contributed by atoms with E-state index in [1.165, 1.54) is 16.8 Å². The van der Waals surface area contributed by atoms with Crippen LogP contribution in [0.1, 0.15) is 69.6 Å². The van der Waals surface area contributed by atoms with Crippen LogP contribution in [0.2, 0.25) is 0 Å². The highest BCUT2D eigenvalue weighted by atomic mass is 32.2. The molecular formula is C22H31N5O6S. The molecule has 1 amide bonds. The maximum atomic E-state index is 13.1. The zero-order chi connectivity index (χ0) is 25.4. The SMILES string of the molecule is Cc1c(C(=O)N2CCCC2)nn(C(C)C)c1Oc1ccc([N+](=O)[O-])cc1S(=O)(=O)NC(C)(C)C. The van der Waals surface area contributed by atoms with Crippen molar-refractivity contribution in [3.8, 4) is 11.6 Å². The molecule has 186 valence electrons. The van der Waals surface area contributed by atoms with Crippen LogP contribution in [0, 0.1) is 17.0 Å².